The molecule has 0 unspecified atom stereocenters. The molecule has 8 heavy (non-hydrogen) atoms. The first-order chi connectivity index (χ1) is 3.63. The maximum atomic E-state index is 11.1. The number of thiocarbonyl (C=S) groups is 1. The summed E-state index contributed by atoms with van der Waals surface area (Å²) in [5.74, 6) is 0. The van der Waals surface area contributed by atoms with E-state index in [0.717, 1.165) is 0 Å². The smallest absolute Gasteiger partial charge is 0.240 e. The Morgan fingerprint density at radius 3 is 2.00 bits per heavy atom. The van der Waals surface area contributed by atoms with Gasteiger partial charge in [0.25, 0.3) is 0 Å². The zero-order chi connectivity index (χ0) is 6.57. The fraction of sp³-hybridized carbons (Fsp3) is 0. The molecule has 0 saturated heterocycles. The zero-order valence-electron chi connectivity index (χ0n) is 3.39. The standard InChI is InChI=1S/C2F2O3S/c3-1(5)6-7-2(4)8. The van der Waals surface area contributed by atoms with Gasteiger partial charge >= 0.3 is 11.5 Å². The van der Waals surface area contributed by atoms with Crippen LogP contribution in [0.3, 0.4) is 0 Å². The molecular formula is C2F2O3S. The fourth-order valence-electron chi connectivity index (χ4n) is 0.0655. The van der Waals surface area contributed by atoms with Gasteiger partial charge in [0.1, 0.15) is 0 Å². The highest BCUT2D eigenvalue weighted by molar-refractivity contribution is 7.79. The van der Waals surface area contributed by atoms with E-state index in [2.05, 4.69) is 22.0 Å². The number of carbonyl (C=O) groups excluding carboxylic acids is 1. The Morgan fingerprint density at radius 1 is 1.38 bits per heavy atom. The summed E-state index contributed by atoms with van der Waals surface area (Å²) in [5, 5.41) is -1.55. The molecule has 0 atom stereocenters. The second-order valence-electron chi connectivity index (χ2n) is 0.642. The van der Waals surface area contributed by atoms with Gasteiger partial charge in [-0.05, 0) is 12.2 Å². The minimum atomic E-state index is -2.25. The van der Waals surface area contributed by atoms with Gasteiger partial charge in [0, 0.05) is 0 Å². The lowest BCUT2D eigenvalue weighted by Gasteiger charge is -1.89. The van der Waals surface area contributed by atoms with E-state index in [9.17, 15) is 8.78 Å². The van der Waals surface area contributed by atoms with Gasteiger partial charge in [0.2, 0.25) is 0 Å². The molecule has 46 valence electrons. The largest absolute Gasteiger partial charge is 0.536 e. The summed E-state index contributed by atoms with van der Waals surface area (Å²) in [6.07, 6.45) is -2.25. The number of rotatable bonds is 0. The lowest BCUT2D eigenvalue weighted by Crippen LogP contribution is -1.98. The summed E-state index contributed by atoms with van der Waals surface area (Å²) in [7, 11) is 0. The topological polar surface area (TPSA) is 35.5 Å². The summed E-state index contributed by atoms with van der Waals surface area (Å²) in [4.78, 5) is 15.2. The van der Waals surface area contributed by atoms with Crippen LogP contribution < -0.4 is 0 Å². The maximum absolute atomic E-state index is 11.1. The van der Waals surface area contributed by atoms with Crippen LogP contribution in [0.5, 0.6) is 0 Å². The summed E-state index contributed by atoms with van der Waals surface area (Å²) < 4.78 is 22.0. The second kappa shape index (κ2) is 3.25. The van der Waals surface area contributed by atoms with Crippen LogP contribution in [0, 0.1) is 0 Å². The number of hydrogen-bond donors (Lipinski definition) is 0. The van der Waals surface area contributed by atoms with Crippen molar-refractivity contribution in [1.29, 1.82) is 0 Å². The van der Waals surface area contributed by atoms with Gasteiger partial charge in [-0.25, -0.2) is 14.6 Å². The van der Waals surface area contributed by atoms with Crippen molar-refractivity contribution in [3.05, 3.63) is 0 Å². The third kappa shape index (κ3) is 5.22. The van der Waals surface area contributed by atoms with Gasteiger partial charge in [0.15, 0.2) is 0 Å². The van der Waals surface area contributed by atoms with Crippen molar-refractivity contribution in [1.82, 2.24) is 0 Å². The van der Waals surface area contributed by atoms with E-state index < -0.39 is 11.5 Å². The van der Waals surface area contributed by atoms with Crippen molar-refractivity contribution >= 4 is 23.7 Å². The van der Waals surface area contributed by atoms with Crippen molar-refractivity contribution in [2.75, 3.05) is 0 Å². The van der Waals surface area contributed by atoms with Crippen LogP contribution in [0.2, 0.25) is 0 Å². The Kier molecular flexibility index (Phi) is 2.93. The molecule has 0 aliphatic carbocycles. The van der Waals surface area contributed by atoms with E-state index >= 15 is 0 Å². The van der Waals surface area contributed by atoms with Crippen LogP contribution in [0.25, 0.3) is 0 Å². The Morgan fingerprint density at radius 2 is 1.88 bits per heavy atom. The summed E-state index contributed by atoms with van der Waals surface area (Å²) in [5.41, 5.74) is 0. The van der Waals surface area contributed by atoms with Gasteiger partial charge in [-0.2, -0.15) is 0 Å². The van der Waals surface area contributed by atoms with Gasteiger partial charge in [-0.1, -0.05) is 0 Å². The van der Waals surface area contributed by atoms with Gasteiger partial charge in [0.05, 0.1) is 0 Å². The first-order valence-corrected chi connectivity index (χ1v) is 1.77. The van der Waals surface area contributed by atoms with Crippen LogP contribution in [0.1, 0.15) is 0 Å². The third-order valence-corrected chi connectivity index (χ3v) is 0.241. The molecule has 0 N–H and O–H groups in total. The molecule has 0 aliphatic heterocycles. The van der Waals surface area contributed by atoms with Crippen molar-refractivity contribution in [3.8, 4) is 0 Å². The van der Waals surface area contributed by atoms with E-state index in [1.54, 1.807) is 0 Å². The lowest BCUT2D eigenvalue weighted by atomic mass is 11.5. The van der Waals surface area contributed by atoms with Crippen LogP contribution in [0.4, 0.5) is 13.6 Å². The summed E-state index contributed by atoms with van der Waals surface area (Å²) in [6, 6.07) is 0. The van der Waals surface area contributed by atoms with Crippen molar-refractivity contribution < 1.29 is 23.4 Å². The molecule has 0 rings (SSSR count). The molecular weight excluding hydrogens is 142 g/mol. The number of carbonyl (C=O) groups is 1. The summed E-state index contributed by atoms with van der Waals surface area (Å²) in [6.45, 7) is 0. The van der Waals surface area contributed by atoms with Crippen molar-refractivity contribution in [3.63, 3.8) is 0 Å². The normalized spacial score (nSPS) is 7.75. The minimum Gasteiger partial charge on any atom is -0.240 e. The van der Waals surface area contributed by atoms with Gasteiger partial charge in [-0.3, -0.25) is 0 Å². The van der Waals surface area contributed by atoms with Crippen LogP contribution >= 0.6 is 12.2 Å². The molecule has 0 radical (unpaired) electrons. The molecule has 0 aliphatic rings. The van der Waals surface area contributed by atoms with Gasteiger partial charge in [-0.15, -0.1) is 8.78 Å². The van der Waals surface area contributed by atoms with E-state index in [-0.39, 0.29) is 0 Å². The molecule has 0 aromatic rings. The maximum Gasteiger partial charge on any atom is 0.536 e. The van der Waals surface area contributed by atoms with E-state index in [1.807, 2.05) is 0 Å². The Hall–Kier alpha value is -0.780. The van der Waals surface area contributed by atoms with Crippen LogP contribution in [0.15, 0.2) is 0 Å². The Balaban J connectivity index is 3.18. The number of halogens is 2. The third-order valence-electron chi connectivity index (χ3n) is 0.173. The van der Waals surface area contributed by atoms with E-state index in [4.69, 9.17) is 4.79 Å². The van der Waals surface area contributed by atoms with Crippen molar-refractivity contribution in [2.45, 2.75) is 0 Å². The van der Waals surface area contributed by atoms with E-state index in [1.165, 1.54) is 0 Å². The van der Waals surface area contributed by atoms with E-state index in [0.29, 0.717) is 0 Å². The molecule has 0 fully saturated rings. The lowest BCUT2D eigenvalue weighted by molar-refractivity contribution is -0.173. The van der Waals surface area contributed by atoms with Crippen LogP contribution in [-0.4, -0.2) is 11.5 Å². The summed E-state index contributed by atoms with van der Waals surface area (Å²) >= 11 is 3.58. The van der Waals surface area contributed by atoms with Gasteiger partial charge < -0.3 is 0 Å². The monoisotopic (exact) mass is 142 g/mol. The fourth-order valence-corrected chi connectivity index (χ4v) is 0.0995. The molecule has 0 spiro atoms. The highest BCUT2D eigenvalue weighted by atomic mass is 32.1. The minimum absolute atomic E-state index is 1.55. The Bertz CT molecular complexity index is 99.9. The molecule has 0 bridgehead atoms. The quantitative estimate of drug-likeness (QED) is 0.221. The highest BCUT2D eigenvalue weighted by Crippen LogP contribution is 1.87. The predicted octanol–water partition coefficient (Wildman–Crippen LogP) is 1.28. The zero-order valence-corrected chi connectivity index (χ0v) is 4.21. The first-order valence-electron chi connectivity index (χ1n) is 1.36. The average Bonchev–Trinajstić information content (AvgIpc) is 1.61. The Labute approximate surface area is 48.1 Å². The molecule has 6 heteroatoms. The number of hydrogen-bond acceptors (Lipinski definition) is 4. The highest BCUT2D eigenvalue weighted by Gasteiger charge is 2.00. The molecule has 0 amide bonds. The molecule has 0 saturated carbocycles. The molecule has 0 aromatic heterocycles. The second-order valence-corrected chi connectivity index (χ2v) is 0.963. The molecule has 0 heterocycles. The molecule has 3 nitrogen and oxygen atoms in total. The molecule has 0 aromatic carbocycles. The average molecular weight is 142 g/mol. The predicted molar refractivity (Wildman–Crippen MR) is 22.4 cm³/mol. The van der Waals surface area contributed by atoms with Crippen LogP contribution in [-0.2, 0) is 9.78 Å². The first kappa shape index (κ1) is 7.22. The SMILES string of the molecule is O=C(F)OOC(F)=S. The van der Waals surface area contributed by atoms with Crippen molar-refractivity contribution in [2.24, 2.45) is 0 Å².